The molecule has 1 heterocycles. The lowest BCUT2D eigenvalue weighted by molar-refractivity contribution is -0.133. The highest BCUT2D eigenvalue weighted by Crippen LogP contribution is 2.49. The minimum absolute atomic E-state index is 0.171. The van der Waals surface area contributed by atoms with E-state index in [4.69, 9.17) is 4.52 Å². The Morgan fingerprint density at radius 2 is 2.05 bits per heavy atom. The minimum atomic E-state index is -0.311. The van der Waals surface area contributed by atoms with E-state index in [2.05, 4.69) is 5.16 Å². The Morgan fingerprint density at radius 3 is 2.60 bits per heavy atom. The SMILES string of the molecule is Cc1cc(CN(C)C(=O)C2(c3ccccc3)CC2)no1. The molecule has 0 unspecified atom stereocenters. The number of aryl methyl sites for hydroxylation is 1. The molecular formula is C16H18N2O2. The summed E-state index contributed by atoms with van der Waals surface area (Å²) < 4.78 is 5.04. The molecule has 2 aromatic rings. The zero-order valence-electron chi connectivity index (χ0n) is 11.8. The first-order valence-corrected chi connectivity index (χ1v) is 6.85. The number of likely N-dealkylation sites (N-methyl/N-ethyl adjacent to an activating group) is 1. The van der Waals surface area contributed by atoms with Gasteiger partial charge in [-0.25, -0.2) is 0 Å². The molecule has 1 fully saturated rings. The molecule has 0 radical (unpaired) electrons. The number of rotatable bonds is 4. The monoisotopic (exact) mass is 270 g/mol. The fourth-order valence-corrected chi connectivity index (χ4v) is 2.68. The van der Waals surface area contributed by atoms with E-state index in [1.165, 1.54) is 0 Å². The van der Waals surface area contributed by atoms with E-state index in [9.17, 15) is 4.79 Å². The van der Waals surface area contributed by atoms with Crippen LogP contribution in [0.5, 0.6) is 0 Å². The van der Waals surface area contributed by atoms with Gasteiger partial charge in [-0.05, 0) is 25.3 Å². The predicted molar refractivity (Wildman–Crippen MR) is 75.1 cm³/mol. The number of carbonyl (C=O) groups is 1. The quantitative estimate of drug-likeness (QED) is 0.858. The Balaban J connectivity index is 1.75. The molecule has 1 saturated carbocycles. The van der Waals surface area contributed by atoms with Gasteiger partial charge >= 0.3 is 0 Å². The molecule has 1 aliphatic rings. The maximum absolute atomic E-state index is 12.7. The molecule has 3 rings (SSSR count). The van der Waals surface area contributed by atoms with Crippen molar-refractivity contribution >= 4 is 5.91 Å². The molecule has 1 amide bonds. The number of hydrogen-bond donors (Lipinski definition) is 0. The third-order valence-electron chi connectivity index (χ3n) is 3.91. The van der Waals surface area contributed by atoms with Gasteiger partial charge < -0.3 is 9.42 Å². The Bertz CT molecular complexity index is 614. The lowest BCUT2D eigenvalue weighted by Gasteiger charge is -2.23. The van der Waals surface area contributed by atoms with Crippen LogP contribution in [0.25, 0.3) is 0 Å². The first-order chi connectivity index (χ1) is 9.62. The second kappa shape index (κ2) is 4.78. The molecule has 20 heavy (non-hydrogen) atoms. The van der Waals surface area contributed by atoms with Gasteiger partial charge in [0, 0.05) is 13.1 Å². The summed E-state index contributed by atoms with van der Waals surface area (Å²) in [5.74, 6) is 0.939. The van der Waals surface area contributed by atoms with Crippen LogP contribution in [0.3, 0.4) is 0 Å². The van der Waals surface area contributed by atoms with E-state index in [0.717, 1.165) is 29.9 Å². The molecule has 0 N–H and O–H groups in total. The first-order valence-electron chi connectivity index (χ1n) is 6.85. The lowest BCUT2D eigenvalue weighted by Crippen LogP contribution is -2.36. The van der Waals surface area contributed by atoms with Gasteiger partial charge in [0.2, 0.25) is 5.91 Å². The van der Waals surface area contributed by atoms with Crippen molar-refractivity contribution < 1.29 is 9.32 Å². The van der Waals surface area contributed by atoms with Crippen LogP contribution in [-0.4, -0.2) is 23.0 Å². The maximum Gasteiger partial charge on any atom is 0.233 e. The van der Waals surface area contributed by atoms with E-state index in [1.807, 2.05) is 50.4 Å². The Labute approximate surface area is 118 Å². The number of hydrogen-bond acceptors (Lipinski definition) is 3. The van der Waals surface area contributed by atoms with Gasteiger partial charge in [0.05, 0.1) is 12.0 Å². The Hall–Kier alpha value is -2.10. The van der Waals surface area contributed by atoms with Gasteiger partial charge in [-0.2, -0.15) is 0 Å². The van der Waals surface area contributed by atoms with Gasteiger partial charge in [-0.1, -0.05) is 35.5 Å². The van der Waals surface area contributed by atoms with E-state index in [1.54, 1.807) is 4.90 Å². The summed E-state index contributed by atoms with van der Waals surface area (Å²) in [5, 5.41) is 3.94. The summed E-state index contributed by atoms with van der Waals surface area (Å²) in [6, 6.07) is 11.9. The van der Waals surface area contributed by atoms with Crippen molar-refractivity contribution in [3.8, 4) is 0 Å². The van der Waals surface area contributed by atoms with Crippen LogP contribution in [0.15, 0.2) is 40.9 Å². The normalized spacial score (nSPS) is 15.9. The van der Waals surface area contributed by atoms with Crippen molar-refractivity contribution in [3.63, 3.8) is 0 Å². The second-order valence-corrected chi connectivity index (χ2v) is 5.54. The number of nitrogens with zero attached hydrogens (tertiary/aromatic N) is 2. The van der Waals surface area contributed by atoms with Crippen molar-refractivity contribution in [3.05, 3.63) is 53.4 Å². The standard InChI is InChI=1S/C16H18N2O2/c1-12-10-14(17-20-12)11-18(2)15(19)16(8-9-16)13-6-4-3-5-7-13/h3-7,10H,8-9,11H2,1-2H3. The van der Waals surface area contributed by atoms with E-state index < -0.39 is 0 Å². The van der Waals surface area contributed by atoms with Crippen LogP contribution in [0, 0.1) is 6.92 Å². The van der Waals surface area contributed by atoms with Gasteiger partial charge in [-0.15, -0.1) is 0 Å². The van der Waals surface area contributed by atoms with E-state index >= 15 is 0 Å². The van der Waals surface area contributed by atoms with Crippen LogP contribution < -0.4 is 0 Å². The highest BCUT2D eigenvalue weighted by molar-refractivity contribution is 5.91. The van der Waals surface area contributed by atoms with E-state index in [0.29, 0.717) is 6.54 Å². The van der Waals surface area contributed by atoms with Gasteiger partial charge in [0.25, 0.3) is 0 Å². The second-order valence-electron chi connectivity index (χ2n) is 5.54. The molecule has 104 valence electrons. The Morgan fingerprint density at radius 1 is 1.35 bits per heavy atom. The zero-order chi connectivity index (χ0) is 14.2. The van der Waals surface area contributed by atoms with Crippen molar-refractivity contribution in [2.24, 2.45) is 0 Å². The van der Waals surface area contributed by atoms with Crippen molar-refractivity contribution in [1.29, 1.82) is 0 Å². The molecule has 1 aliphatic carbocycles. The van der Waals surface area contributed by atoms with Crippen molar-refractivity contribution in [1.82, 2.24) is 10.1 Å². The third-order valence-corrected chi connectivity index (χ3v) is 3.91. The highest BCUT2D eigenvalue weighted by Gasteiger charge is 2.52. The van der Waals surface area contributed by atoms with Gasteiger partial charge in [-0.3, -0.25) is 4.79 Å². The molecule has 0 atom stereocenters. The van der Waals surface area contributed by atoms with Crippen LogP contribution in [0.4, 0.5) is 0 Å². The van der Waals surface area contributed by atoms with Crippen LogP contribution in [-0.2, 0) is 16.8 Å². The highest BCUT2D eigenvalue weighted by atomic mass is 16.5. The summed E-state index contributed by atoms with van der Waals surface area (Å²) in [5.41, 5.74) is 1.60. The predicted octanol–water partition coefficient (Wildman–Crippen LogP) is 2.67. The summed E-state index contributed by atoms with van der Waals surface area (Å²) in [6.45, 7) is 2.34. The average molecular weight is 270 g/mol. The van der Waals surface area contributed by atoms with Crippen LogP contribution >= 0.6 is 0 Å². The number of benzene rings is 1. The zero-order valence-corrected chi connectivity index (χ0v) is 11.8. The fourth-order valence-electron chi connectivity index (χ4n) is 2.68. The topological polar surface area (TPSA) is 46.3 Å². The minimum Gasteiger partial charge on any atom is -0.361 e. The maximum atomic E-state index is 12.7. The summed E-state index contributed by atoms with van der Waals surface area (Å²) in [4.78, 5) is 14.5. The molecule has 4 heteroatoms. The fraction of sp³-hybridized carbons (Fsp3) is 0.375. The summed E-state index contributed by atoms with van der Waals surface area (Å²) >= 11 is 0. The van der Waals surface area contributed by atoms with Crippen molar-refractivity contribution in [2.75, 3.05) is 7.05 Å². The summed E-state index contributed by atoms with van der Waals surface area (Å²) in [6.07, 6.45) is 1.86. The first kappa shape index (κ1) is 12.9. The molecule has 1 aromatic heterocycles. The van der Waals surface area contributed by atoms with Crippen molar-refractivity contribution in [2.45, 2.75) is 31.7 Å². The van der Waals surface area contributed by atoms with Gasteiger partial charge in [0.15, 0.2) is 0 Å². The largest absolute Gasteiger partial charge is 0.361 e. The molecule has 0 saturated heterocycles. The van der Waals surface area contributed by atoms with Gasteiger partial charge in [0.1, 0.15) is 11.5 Å². The molecule has 1 aromatic carbocycles. The third kappa shape index (κ3) is 2.22. The van der Waals surface area contributed by atoms with Crippen LogP contribution in [0.1, 0.15) is 29.9 Å². The lowest BCUT2D eigenvalue weighted by atomic mass is 9.94. The average Bonchev–Trinajstić information content (AvgIpc) is 3.18. The molecule has 4 nitrogen and oxygen atoms in total. The molecular weight excluding hydrogens is 252 g/mol. The number of amides is 1. The van der Waals surface area contributed by atoms with Crippen LogP contribution in [0.2, 0.25) is 0 Å². The molecule has 0 spiro atoms. The Kier molecular flexibility index (Phi) is 3.08. The number of aromatic nitrogens is 1. The number of carbonyl (C=O) groups excluding carboxylic acids is 1. The van der Waals surface area contributed by atoms with E-state index in [-0.39, 0.29) is 11.3 Å². The smallest absolute Gasteiger partial charge is 0.233 e. The summed E-state index contributed by atoms with van der Waals surface area (Å²) in [7, 11) is 1.83. The molecule has 0 bridgehead atoms. The molecule has 0 aliphatic heterocycles.